The van der Waals surface area contributed by atoms with Gasteiger partial charge in [-0.25, -0.2) is 9.78 Å². The van der Waals surface area contributed by atoms with Gasteiger partial charge in [0.25, 0.3) is 5.91 Å². The van der Waals surface area contributed by atoms with Gasteiger partial charge < -0.3 is 19.7 Å². The fraction of sp³-hybridized carbons (Fsp3) is 0.579. The predicted molar refractivity (Wildman–Crippen MR) is 105 cm³/mol. The Morgan fingerprint density at radius 2 is 2.03 bits per heavy atom. The Balaban J connectivity index is 0.000000360. The summed E-state index contributed by atoms with van der Waals surface area (Å²) in [4.78, 5) is 28.2. The van der Waals surface area contributed by atoms with Crippen LogP contribution in [0.15, 0.2) is 18.6 Å². The number of rotatable bonds is 4. The van der Waals surface area contributed by atoms with Gasteiger partial charge in [0.2, 0.25) is 0 Å². The van der Waals surface area contributed by atoms with Crippen LogP contribution in [0.3, 0.4) is 0 Å². The smallest absolute Gasteiger partial charge is 0.475 e. The minimum atomic E-state index is -5.08. The summed E-state index contributed by atoms with van der Waals surface area (Å²) in [5.41, 5.74) is 1.63. The number of carboxylic acids is 1. The van der Waals surface area contributed by atoms with Gasteiger partial charge >= 0.3 is 12.1 Å². The summed E-state index contributed by atoms with van der Waals surface area (Å²) in [6, 6.07) is 0.540. The molecule has 0 spiro atoms. The number of fused-ring (bicyclic) bond motifs is 1. The number of hydrogen-bond acceptors (Lipinski definition) is 6. The standard InChI is InChI=1S/C17H24N6O2.C2HF3O2/c1-21-11-13(8-20-21)17(24)19-10-15-9-18-16-2-4-22(5-6-23(15)16)14-3-7-25-12-14;3-2(4,5)1(6)7/h8-9,11,14H,2-7,10,12H2,1H3,(H,19,24);(H,6,7). The minimum Gasteiger partial charge on any atom is -0.475 e. The normalized spacial score (nSPS) is 18.9. The molecule has 176 valence electrons. The number of amides is 1. The first-order valence-electron chi connectivity index (χ1n) is 10.1. The molecule has 1 saturated heterocycles. The first-order valence-corrected chi connectivity index (χ1v) is 10.1. The van der Waals surface area contributed by atoms with Crippen LogP contribution in [0.25, 0.3) is 0 Å². The quantitative estimate of drug-likeness (QED) is 0.698. The predicted octanol–water partition coefficient (Wildman–Crippen LogP) is 0.827. The number of imidazole rings is 1. The average Bonchev–Trinajstić information content (AvgIpc) is 3.46. The molecule has 2 N–H and O–H groups in total. The average molecular weight is 458 g/mol. The number of halogens is 3. The van der Waals surface area contributed by atoms with Crippen LogP contribution < -0.4 is 5.32 Å². The summed E-state index contributed by atoms with van der Waals surface area (Å²) in [6.45, 7) is 5.12. The highest BCUT2D eigenvalue weighted by Gasteiger charge is 2.38. The second kappa shape index (κ2) is 10.1. The van der Waals surface area contributed by atoms with Gasteiger partial charge in [-0.2, -0.15) is 18.3 Å². The number of aliphatic carboxylic acids is 1. The second-order valence-corrected chi connectivity index (χ2v) is 7.51. The van der Waals surface area contributed by atoms with Crippen molar-refractivity contribution in [1.29, 1.82) is 0 Å². The Kier molecular flexibility index (Phi) is 7.51. The maximum absolute atomic E-state index is 12.2. The summed E-state index contributed by atoms with van der Waals surface area (Å²) in [5, 5.41) is 14.1. The lowest BCUT2D eigenvalue weighted by atomic mass is 10.2. The van der Waals surface area contributed by atoms with Gasteiger partial charge in [0.1, 0.15) is 5.82 Å². The number of nitrogens with zero attached hydrogens (tertiary/aromatic N) is 5. The lowest BCUT2D eigenvalue weighted by Crippen LogP contribution is -2.37. The lowest BCUT2D eigenvalue weighted by molar-refractivity contribution is -0.192. The molecular weight excluding hydrogens is 433 g/mol. The summed E-state index contributed by atoms with van der Waals surface area (Å²) >= 11 is 0. The Bertz CT molecular complexity index is 936. The molecule has 0 bridgehead atoms. The summed E-state index contributed by atoms with van der Waals surface area (Å²) in [6.07, 6.45) is 2.15. The molecular formula is C19H25F3N6O4. The number of nitrogens with one attached hydrogen (secondary N) is 1. The number of carboxylic acid groups (broad SMARTS) is 1. The molecule has 4 rings (SSSR count). The number of ether oxygens (including phenoxy) is 1. The largest absolute Gasteiger partial charge is 0.490 e. The first kappa shape index (κ1) is 23.7. The zero-order chi connectivity index (χ0) is 23.3. The summed E-state index contributed by atoms with van der Waals surface area (Å²) < 4.78 is 41.1. The molecule has 0 aliphatic carbocycles. The molecule has 13 heteroatoms. The van der Waals surface area contributed by atoms with E-state index in [2.05, 4.69) is 24.9 Å². The number of aryl methyl sites for hydroxylation is 1. The van der Waals surface area contributed by atoms with Gasteiger partial charge in [-0.1, -0.05) is 0 Å². The molecule has 1 atom stereocenters. The van der Waals surface area contributed by atoms with Crippen molar-refractivity contribution in [2.75, 3.05) is 26.3 Å². The summed E-state index contributed by atoms with van der Waals surface area (Å²) in [7, 11) is 1.80. The van der Waals surface area contributed by atoms with E-state index in [1.54, 1.807) is 24.1 Å². The van der Waals surface area contributed by atoms with Crippen molar-refractivity contribution in [2.24, 2.45) is 7.05 Å². The number of carbonyl (C=O) groups is 2. The third kappa shape index (κ3) is 6.07. The SMILES string of the molecule is Cn1cc(C(=O)NCc2cnc3n2CCN(C2CCOC2)CC3)cn1.O=C(O)C(F)(F)F. The topological polar surface area (TPSA) is 115 Å². The van der Waals surface area contributed by atoms with E-state index in [0.717, 1.165) is 57.2 Å². The second-order valence-electron chi connectivity index (χ2n) is 7.51. The van der Waals surface area contributed by atoms with Crippen LogP contribution in [0.2, 0.25) is 0 Å². The van der Waals surface area contributed by atoms with Crippen molar-refractivity contribution in [1.82, 2.24) is 29.5 Å². The van der Waals surface area contributed by atoms with Crippen molar-refractivity contribution in [2.45, 2.75) is 38.1 Å². The molecule has 2 aromatic rings. The van der Waals surface area contributed by atoms with E-state index in [9.17, 15) is 18.0 Å². The van der Waals surface area contributed by atoms with Crippen LogP contribution in [0.1, 0.15) is 28.3 Å². The summed E-state index contributed by atoms with van der Waals surface area (Å²) in [5.74, 6) is -1.76. The number of hydrogen-bond donors (Lipinski definition) is 2. The molecule has 0 saturated carbocycles. The highest BCUT2D eigenvalue weighted by Crippen LogP contribution is 2.18. The third-order valence-corrected chi connectivity index (χ3v) is 5.32. The minimum absolute atomic E-state index is 0.109. The van der Waals surface area contributed by atoms with E-state index in [-0.39, 0.29) is 5.91 Å². The molecule has 0 aromatic carbocycles. The van der Waals surface area contributed by atoms with E-state index in [1.165, 1.54) is 0 Å². The first-order chi connectivity index (χ1) is 15.1. The Morgan fingerprint density at radius 3 is 2.62 bits per heavy atom. The van der Waals surface area contributed by atoms with Crippen molar-refractivity contribution in [3.05, 3.63) is 35.7 Å². The van der Waals surface area contributed by atoms with Crippen LogP contribution in [0, 0.1) is 0 Å². The molecule has 2 aromatic heterocycles. The van der Waals surface area contributed by atoms with Crippen molar-refractivity contribution >= 4 is 11.9 Å². The van der Waals surface area contributed by atoms with E-state index >= 15 is 0 Å². The fourth-order valence-electron chi connectivity index (χ4n) is 3.64. The van der Waals surface area contributed by atoms with Gasteiger partial charge in [0, 0.05) is 51.9 Å². The van der Waals surface area contributed by atoms with Crippen LogP contribution in [0.4, 0.5) is 13.2 Å². The zero-order valence-corrected chi connectivity index (χ0v) is 17.5. The van der Waals surface area contributed by atoms with Crippen molar-refractivity contribution < 1.29 is 32.6 Å². The highest BCUT2D eigenvalue weighted by molar-refractivity contribution is 5.93. The van der Waals surface area contributed by atoms with Gasteiger partial charge in [0.15, 0.2) is 0 Å². The van der Waals surface area contributed by atoms with Crippen molar-refractivity contribution in [3.63, 3.8) is 0 Å². The zero-order valence-electron chi connectivity index (χ0n) is 17.5. The molecule has 2 aliphatic heterocycles. The van der Waals surface area contributed by atoms with Gasteiger partial charge in [0.05, 0.1) is 36.8 Å². The third-order valence-electron chi connectivity index (χ3n) is 5.32. The van der Waals surface area contributed by atoms with E-state index in [1.807, 2.05) is 6.20 Å². The lowest BCUT2D eigenvalue weighted by Gasteiger charge is -2.25. The maximum atomic E-state index is 12.2. The number of aromatic nitrogens is 4. The van der Waals surface area contributed by atoms with Crippen LogP contribution in [0.5, 0.6) is 0 Å². The van der Waals surface area contributed by atoms with E-state index in [0.29, 0.717) is 18.2 Å². The molecule has 32 heavy (non-hydrogen) atoms. The monoisotopic (exact) mass is 458 g/mol. The maximum Gasteiger partial charge on any atom is 0.490 e. The van der Waals surface area contributed by atoms with E-state index in [4.69, 9.17) is 14.6 Å². The van der Waals surface area contributed by atoms with Gasteiger partial charge in [-0.3, -0.25) is 14.4 Å². The molecule has 0 radical (unpaired) electrons. The van der Waals surface area contributed by atoms with Crippen LogP contribution in [-0.2, 0) is 36.1 Å². The Morgan fingerprint density at radius 1 is 1.28 bits per heavy atom. The molecule has 1 unspecified atom stereocenters. The Labute approximate surface area is 182 Å². The number of carbonyl (C=O) groups excluding carboxylic acids is 1. The van der Waals surface area contributed by atoms with E-state index < -0.39 is 12.1 Å². The number of alkyl halides is 3. The Hall–Kier alpha value is -2.93. The fourth-order valence-corrected chi connectivity index (χ4v) is 3.64. The highest BCUT2D eigenvalue weighted by atomic mass is 19.4. The van der Waals surface area contributed by atoms with Crippen molar-refractivity contribution in [3.8, 4) is 0 Å². The molecule has 1 fully saturated rings. The van der Waals surface area contributed by atoms with Crippen LogP contribution >= 0.6 is 0 Å². The molecule has 2 aliphatic rings. The molecule has 4 heterocycles. The van der Waals surface area contributed by atoms with Gasteiger partial charge in [-0.05, 0) is 6.42 Å². The molecule has 1 amide bonds. The van der Waals surface area contributed by atoms with Gasteiger partial charge in [-0.15, -0.1) is 0 Å². The van der Waals surface area contributed by atoms with Crippen LogP contribution in [-0.4, -0.2) is 79.7 Å². The molecule has 10 nitrogen and oxygen atoms in total.